The number of nitrogens with zero attached hydrogens (tertiary/aromatic N) is 1. The fourth-order valence-corrected chi connectivity index (χ4v) is 2.62. The summed E-state index contributed by atoms with van der Waals surface area (Å²) in [5.41, 5.74) is 5.40. The number of hydrazine groups is 1. The average Bonchev–Trinajstić information content (AvgIpc) is 2.68. The molecular formula is C19H18ClFN4O4. The largest absolute Gasteiger partial charge is 0.505 e. The Morgan fingerprint density at radius 1 is 1.24 bits per heavy atom. The van der Waals surface area contributed by atoms with E-state index >= 15 is 0 Å². The number of nitrogens with one attached hydrogen (secondary N) is 3. The van der Waals surface area contributed by atoms with Gasteiger partial charge < -0.3 is 15.5 Å². The number of halogens is 2. The molecule has 0 saturated carbocycles. The summed E-state index contributed by atoms with van der Waals surface area (Å²) in [7, 11) is 0. The second kappa shape index (κ2) is 9.23. The van der Waals surface area contributed by atoms with Crippen molar-refractivity contribution < 1.29 is 24.2 Å². The summed E-state index contributed by atoms with van der Waals surface area (Å²) in [5.74, 6) is -3.15. The summed E-state index contributed by atoms with van der Waals surface area (Å²) in [4.78, 5) is 27.8. The van der Waals surface area contributed by atoms with Crippen LogP contribution in [0.5, 0.6) is 5.75 Å². The molecule has 5 N–H and O–H groups in total. The minimum absolute atomic E-state index is 0.0804. The van der Waals surface area contributed by atoms with Crippen molar-refractivity contribution in [1.29, 1.82) is 0 Å². The van der Waals surface area contributed by atoms with Crippen molar-refractivity contribution in [1.82, 2.24) is 10.9 Å². The number of aliphatic hydroxyl groups excluding tert-OH is 1. The number of phenols is 1. The fraction of sp³-hybridized carbons (Fsp3) is 0.211. The van der Waals surface area contributed by atoms with Crippen molar-refractivity contribution in [2.75, 3.05) is 5.32 Å². The Morgan fingerprint density at radius 2 is 1.93 bits per heavy atom. The van der Waals surface area contributed by atoms with Gasteiger partial charge in [-0.05, 0) is 43.7 Å². The molecule has 2 aromatic rings. The third-order valence-electron chi connectivity index (χ3n) is 4.07. The Labute approximate surface area is 171 Å². The molecule has 152 valence electrons. The minimum Gasteiger partial charge on any atom is -0.505 e. The summed E-state index contributed by atoms with van der Waals surface area (Å²) in [6.07, 6.45) is -1.15. The van der Waals surface area contributed by atoms with Gasteiger partial charge in [0.2, 0.25) is 5.69 Å². The number of carbonyl (C=O) groups excluding carboxylic acids is 2. The van der Waals surface area contributed by atoms with Gasteiger partial charge in [-0.3, -0.25) is 20.4 Å². The SMILES string of the molecule is [C-]#[N+]c1ccc(N[C@@H](C(=O)NNC(=O)c2ccc(F)c(O)c2)[C@@H](C)O)c(C)c1Cl. The average molecular weight is 421 g/mol. The number of anilines is 1. The number of aliphatic hydroxyl groups is 1. The lowest BCUT2D eigenvalue weighted by atomic mass is 10.1. The van der Waals surface area contributed by atoms with E-state index in [0.29, 0.717) is 11.3 Å². The fourth-order valence-electron chi connectivity index (χ4n) is 2.41. The third-order valence-corrected chi connectivity index (χ3v) is 4.55. The van der Waals surface area contributed by atoms with E-state index in [1.807, 2.05) is 0 Å². The van der Waals surface area contributed by atoms with Gasteiger partial charge in [0.05, 0.1) is 17.7 Å². The van der Waals surface area contributed by atoms with Gasteiger partial charge in [0, 0.05) is 11.3 Å². The van der Waals surface area contributed by atoms with Crippen LogP contribution in [0.15, 0.2) is 30.3 Å². The number of hydrogen-bond donors (Lipinski definition) is 5. The Kier molecular flexibility index (Phi) is 6.98. The molecule has 2 aromatic carbocycles. The van der Waals surface area contributed by atoms with Gasteiger partial charge in [0.25, 0.3) is 11.8 Å². The molecule has 2 atom stereocenters. The van der Waals surface area contributed by atoms with Crippen LogP contribution in [0.25, 0.3) is 4.85 Å². The molecule has 0 aliphatic rings. The smallest absolute Gasteiger partial charge is 0.269 e. The van der Waals surface area contributed by atoms with E-state index in [2.05, 4.69) is 21.0 Å². The van der Waals surface area contributed by atoms with Crippen LogP contribution in [0, 0.1) is 19.3 Å². The first-order chi connectivity index (χ1) is 13.6. The number of aromatic hydroxyl groups is 1. The molecule has 0 aliphatic carbocycles. The van der Waals surface area contributed by atoms with Crippen molar-refractivity contribution in [3.63, 3.8) is 0 Å². The summed E-state index contributed by atoms with van der Waals surface area (Å²) < 4.78 is 13.1. The molecule has 0 saturated heterocycles. The highest BCUT2D eigenvalue weighted by Gasteiger charge is 2.25. The van der Waals surface area contributed by atoms with Gasteiger partial charge in [-0.2, -0.15) is 0 Å². The van der Waals surface area contributed by atoms with Crippen LogP contribution in [0.1, 0.15) is 22.8 Å². The lowest BCUT2D eigenvalue weighted by molar-refractivity contribution is -0.124. The van der Waals surface area contributed by atoms with Crippen LogP contribution in [-0.4, -0.2) is 34.2 Å². The molecule has 0 fully saturated rings. The topological polar surface area (TPSA) is 115 Å². The highest BCUT2D eigenvalue weighted by molar-refractivity contribution is 6.34. The second-order valence-electron chi connectivity index (χ2n) is 6.16. The number of carbonyl (C=O) groups is 2. The molecule has 0 bridgehead atoms. The quantitative estimate of drug-likeness (QED) is 0.377. The van der Waals surface area contributed by atoms with E-state index in [4.69, 9.17) is 18.2 Å². The van der Waals surface area contributed by atoms with Crippen molar-refractivity contribution in [2.45, 2.75) is 26.0 Å². The van der Waals surface area contributed by atoms with E-state index in [9.17, 15) is 24.2 Å². The van der Waals surface area contributed by atoms with Crippen molar-refractivity contribution in [2.24, 2.45) is 0 Å². The van der Waals surface area contributed by atoms with Gasteiger partial charge in [0.15, 0.2) is 11.6 Å². The predicted octanol–water partition coefficient (Wildman–Crippen LogP) is 2.67. The first-order valence-corrected chi connectivity index (χ1v) is 8.73. The van der Waals surface area contributed by atoms with E-state index in [1.54, 1.807) is 13.0 Å². The molecule has 0 aliphatic heterocycles. The van der Waals surface area contributed by atoms with Crippen LogP contribution < -0.4 is 16.2 Å². The molecule has 0 heterocycles. The Bertz CT molecular complexity index is 991. The molecule has 2 amide bonds. The molecule has 0 radical (unpaired) electrons. The maximum absolute atomic E-state index is 13.1. The van der Waals surface area contributed by atoms with Crippen LogP contribution in [0.2, 0.25) is 5.02 Å². The van der Waals surface area contributed by atoms with Gasteiger partial charge in [-0.1, -0.05) is 17.7 Å². The van der Waals surface area contributed by atoms with E-state index < -0.39 is 35.5 Å². The summed E-state index contributed by atoms with van der Waals surface area (Å²) >= 11 is 6.11. The van der Waals surface area contributed by atoms with Gasteiger partial charge >= 0.3 is 0 Å². The summed E-state index contributed by atoms with van der Waals surface area (Å²) in [6, 6.07) is 4.81. The molecule has 2 rings (SSSR count). The van der Waals surface area contributed by atoms with Gasteiger partial charge in [-0.15, -0.1) is 0 Å². The normalized spacial score (nSPS) is 12.4. The van der Waals surface area contributed by atoms with Crippen LogP contribution in [0.4, 0.5) is 15.8 Å². The molecule has 29 heavy (non-hydrogen) atoms. The van der Waals surface area contributed by atoms with E-state index in [-0.39, 0.29) is 16.3 Å². The van der Waals surface area contributed by atoms with Crippen molar-refractivity contribution >= 4 is 34.8 Å². The lowest BCUT2D eigenvalue weighted by Crippen LogP contribution is -2.52. The highest BCUT2D eigenvalue weighted by Crippen LogP contribution is 2.33. The zero-order chi connectivity index (χ0) is 21.7. The molecule has 10 heteroatoms. The highest BCUT2D eigenvalue weighted by atomic mass is 35.5. The maximum Gasteiger partial charge on any atom is 0.269 e. The summed E-state index contributed by atoms with van der Waals surface area (Å²) in [5, 5.41) is 22.3. The zero-order valence-corrected chi connectivity index (χ0v) is 16.2. The standard InChI is InChI=1S/C19H18ClFN4O4/c1-9-13(6-7-14(22-3)16(9)20)23-17(10(2)26)19(29)25-24-18(28)11-4-5-12(21)15(27)8-11/h4-8,10,17,23,26-27H,1-2H3,(H,24,28)(H,25,29)/t10-,17-/m1/s1. The number of amides is 2. The molecule has 8 nitrogen and oxygen atoms in total. The van der Waals surface area contributed by atoms with Crippen molar-refractivity contribution in [3.05, 3.63) is 63.7 Å². The van der Waals surface area contributed by atoms with Crippen LogP contribution in [-0.2, 0) is 4.79 Å². The molecular weight excluding hydrogens is 403 g/mol. The Hall–Kier alpha value is -3.35. The Balaban J connectivity index is 2.10. The molecule has 0 aromatic heterocycles. The number of rotatable bonds is 5. The third kappa shape index (κ3) is 5.13. The molecule has 0 spiro atoms. The minimum atomic E-state index is -1.16. The lowest BCUT2D eigenvalue weighted by Gasteiger charge is -2.23. The van der Waals surface area contributed by atoms with Gasteiger partial charge in [0.1, 0.15) is 6.04 Å². The first kappa shape index (κ1) is 21.9. The van der Waals surface area contributed by atoms with E-state index in [1.165, 1.54) is 13.0 Å². The number of phenolic OH excluding ortho intramolecular Hbond substituents is 1. The van der Waals surface area contributed by atoms with Crippen molar-refractivity contribution in [3.8, 4) is 5.75 Å². The summed E-state index contributed by atoms with van der Waals surface area (Å²) in [6.45, 7) is 10.1. The zero-order valence-electron chi connectivity index (χ0n) is 15.5. The van der Waals surface area contributed by atoms with Crippen LogP contribution >= 0.6 is 11.6 Å². The second-order valence-corrected chi connectivity index (χ2v) is 6.53. The van der Waals surface area contributed by atoms with E-state index in [0.717, 1.165) is 18.2 Å². The monoisotopic (exact) mass is 420 g/mol. The molecule has 0 unspecified atom stereocenters. The first-order valence-electron chi connectivity index (χ1n) is 8.35. The van der Waals surface area contributed by atoms with Crippen LogP contribution in [0.3, 0.4) is 0 Å². The number of hydrogen-bond acceptors (Lipinski definition) is 5. The Morgan fingerprint density at radius 3 is 2.52 bits per heavy atom. The predicted molar refractivity (Wildman–Crippen MR) is 105 cm³/mol. The number of benzene rings is 2. The maximum atomic E-state index is 13.1. The van der Waals surface area contributed by atoms with Gasteiger partial charge in [-0.25, -0.2) is 9.24 Å².